The number of carbonyl (C=O) groups excluding carboxylic acids is 1. The van der Waals surface area contributed by atoms with Crippen molar-refractivity contribution in [2.75, 3.05) is 6.79 Å². The van der Waals surface area contributed by atoms with Gasteiger partial charge in [-0.2, -0.15) is 13.2 Å². The maximum atomic E-state index is 13.3. The van der Waals surface area contributed by atoms with Crippen molar-refractivity contribution in [1.82, 2.24) is 0 Å². The topological polar surface area (TPSA) is 126 Å². The van der Waals surface area contributed by atoms with E-state index >= 15 is 0 Å². The summed E-state index contributed by atoms with van der Waals surface area (Å²) in [5.41, 5.74) is -1.14. The van der Waals surface area contributed by atoms with Crippen LogP contribution in [0.3, 0.4) is 0 Å². The number of hydrogen-bond donors (Lipinski definition) is 3. The van der Waals surface area contributed by atoms with Crippen molar-refractivity contribution in [2.24, 2.45) is 11.8 Å². The van der Waals surface area contributed by atoms with Gasteiger partial charge in [0, 0.05) is 5.56 Å². The van der Waals surface area contributed by atoms with Gasteiger partial charge in [0.2, 0.25) is 12.9 Å². The minimum atomic E-state index is -5.01. The third-order valence-electron chi connectivity index (χ3n) is 3.40. The average molecular weight is 434 g/mol. The van der Waals surface area contributed by atoms with Gasteiger partial charge in [-0.1, -0.05) is 6.92 Å². The molecule has 8 nitrogen and oxygen atoms in total. The van der Waals surface area contributed by atoms with E-state index in [2.05, 4.69) is 26.1 Å². The van der Waals surface area contributed by atoms with E-state index in [-0.39, 0.29) is 23.3 Å². The van der Waals surface area contributed by atoms with E-state index in [4.69, 9.17) is 9.94 Å². The summed E-state index contributed by atoms with van der Waals surface area (Å²) in [6.07, 6.45) is -11.9. The smallest absolute Gasteiger partial charge is 0.475 e. The van der Waals surface area contributed by atoms with Crippen LogP contribution < -0.4 is 21.3 Å². The molecule has 1 unspecified atom stereocenters. The molecule has 0 saturated heterocycles. The largest absolute Gasteiger partial charge is 0.573 e. The predicted octanol–water partition coefficient (Wildman–Crippen LogP) is 2.58. The highest BCUT2D eigenvalue weighted by molar-refractivity contribution is 5.96. The summed E-state index contributed by atoms with van der Waals surface area (Å²) in [6, 6.07) is 1.72. The Morgan fingerprint density at radius 1 is 1.21 bits per heavy atom. The number of alkyl halides is 6. The van der Waals surface area contributed by atoms with Gasteiger partial charge < -0.3 is 19.4 Å². The first-order valence-corrected chi connectivity index (χ1v) is 7.58. The molecule has 0 aromatic heterocycles. The van der Waals surface area contributed by atoms with Crippen LogP contribution in [-0.4, -0.2) is 36.6 Å². The fourth-order valence-electron chi connectivity index (χ4n) is 2.39. The molecule has 0 bridgehead atoms. The van der Waals surface area contributed by atoms with Crippen molar-refractivity contribution < 1.29 is 55.4 Å². The quantitative estimate of drug-likeness (QED) is 0.279. The Hall–Kier alpha value is -2.55. The number of halogens is 6. The van der Waals surface area contributed by atoms with Gasteiger partial charge in [0.05, 0.1) is 5.57 Å². The van der Waals surface area contributed by atoms with Crippen LogP contribution in [0.5, 0.6) is 11.5 Å². The van der Waals surface area contributed by atoms with Crippen LogP contribution in [0.25, 0.3) is 6.08 Å². The summed E-state index contributed by atoms with van der Waals surface area (Å²) in [6.45, 7) is 0.677. The molecule has 1 aromatic carbocycles. The molecule has 1 aromatic rings. The lowest BCUT2D eigenvalue weighted by Crippen LogP contribution is -2.41. The first kappa shape index (κ1) is 24.5. The predicted molar refractivity (Wildman–Crippen MR) is 83.2 cm³/mol. The van der Waals surface area contributed by atoms with E-state index in [9.17, 15) is 31.1 Å². The molecule has 0 radical (unpaired) electrons. The Morgan fingerprint density at radius 3 is 2.31 bits per heavy atom. The highest BCUT2D eigenvalue weighted by Gasteiger charge is 2.49. The minimum Gasteiger partial charge on any atom is -0.475 e. The van der Waals surface area contributed by atoms with E-state index in [1.54, 1.807) is 0 Å². The van der Waals surface area contributed by atoms with Crippen LogP contribution in [-0.2, 0) is 20.8 Å². The van der Waals surface area contributed by atoms with Crippen molar-refractivity contribution in [1.29, 1.82) is 0 Å². The summed E-state index contributed by atoms with van der Waals surface area (Å²) < 4.78 is 90.4. The van der Waals surface area contributed by atoms with E-state index in [1.165, 1.54) is 6.92 Å². The number of benzene rings is 1. The summed E-state index contributed by atoms with van der Waals surface area (Å²) >= 11 is 0. The molecule has 0 fully saturated rings. The number of carbonyl (C=O) groups is 1. The number of esters is 1. The number of aryl methyl sites for hydroxylation is 1. The Morgan fingerprint density at radius 2 is 1.83 bits per heavy atom. The first-order chi connectivity index (χ1) is 13.5. The third-order valence-corrected chi connectivity index (χ3v) is 3.40. The molecule has 1 aliphatic rings. The molecule has 1 atom stereocenters. The van der Waals surface area contributed by atoms with E-state index < -0.39 is 42.7 Å². The Bertz CT molecular complexity index is 750. The van der Waals surface area contributed by atoms with E-state index in [1.807, 2.05) is 0 Å². The van der Waals surface area contributed by atoms with Gasteiger partial charge in [-0.3, -0.25) is 4.84 Å². The second kappa shape index (κ2) is 9.78. The van der Waals surface area contributed by atoms with Crippen LogP contribution in [0.2, 0.25) is 0 Å². The number of nitrogens with two attached hydrogens (primary N) is 2. The lowest BCUT2D eigenvalue weighted by molar-refractivity contribution is -0.274. The number of ether oxygens (including phenoxy) is 3. The maximum absolute atomic E-state index is 13.3. The standard InChI is InChI=1S/C15H13F6NO5.H3NO/c1-2-7-3-9(27-15(19,20)21)4-8-5-10(13(23)24-6-25-22)12(14(16,17)18)26-11(7)8;1-2/h3-5,12H,2,6,22H2,1H3;2H,1H2. The molecule has 164 valence electrons. The molecular formula is C15H16F6N2O6. The molecule has 2 rings (SSSR count). The van der Waals surface area contributed by atoms with Crippen molar-refractivity contribution in [3.63, 3.8) is 0 Å². The molecule has 0 saturated carbocycles. The molecule has 0 aliphatic carbocycles. The van der Waals surface area contributed by atoms with Gasteiger partial charge in [0.15, 0.2) is 0 Å². The number of fused-ring (bicyclic) bond motifs is 1. The van der Waals surface area contributed by atoms with Gasteiger partial charge in [-0.25, -0.2) is 16.6 Å². The molecule has 1 heterocycles. The number of rotatable bonds is 5. The molecule has 1 aliphatic heterocycles. The van der Waals surface area contributed by atoms with Crippen LogP contribution in [0.15, 0.2) is 17.7 Å². The molecule has 29 heavy (non-hydrogen) atoms. The average Bonchev–Trinajstić information content (AvgIpc) is 2.63. The fourth-order valence-corrected chi connectivity index (χ4v) is 2.39. The second-order valence-electron chi connectivity index (χ2n) is 5.26. The normalized spacial score (nSPS) is 15.9. The Balaban J connectivity index is 0.00000204. The van der Waals surface area contributed by atoms with Crippen LogP contribution >= 0.6 is 0 Å². The van der Waals surface area contributed by atoms with Gasteiger partial charge >= 0.3 is 18.5 Å². The monoisotopic (exact) mass is 434 g/mol. The molecular weight excluding hydrogens is 418 g/mol. The number of hydrogen-bond acceptors (Lipinski definition) is 8. The van der Waals surface area contributed by atoms with Gasteiger partial charge in [0.25, 0.3) is 0 Å². The van der Waals surface area contributed by atoms with E-state index in [0.717, 1.165) is 18.2 Å². The summed E-state index contributed by atoms with van der Waals surface area (Å²) in [7, 11) is 0. The lowest BCUT2D eigenvalue weighted by atomic mass is 9.97. The van der Waals surface area contributed by atoms with Crippen molar-refractivity contribution in [3.8, 4) is 11.5 Å². The van der Waals surface area contributed by atoms with Crippen molar-refractivity contribution >= 4 is 12.0 Å². The first-order valence-electron chi connectivity index (χ1n) is 7.58. The van der Waals surface area contributed by atoms with E-state index in [0.29, 0.717) is 0 Å². The summed E-state index contributed by atoms with van der Waals surface area (Å²) in [4.78, 5) is 15.8. The van der Waals surface area contributed by atoms with Crippen molar-refractivity contribution in [3.05, 3.63) is 28.8 Å². The Labute approximate surface area is 159 Å². The summed E-state index contributed by atoms with van der Waals surface area (Å²) in [5, 5.41) is 6.50. The fraction of sp³-hybridized carbons (Fsp3) is 0.400. The molecule has 14 heteroatoms. The third kappa shape index (κ3) is 6.49. The van der Waals surface area contributed by atoms with Crippen LogP contribution in [0.4, 0.5) is 26.3 Å². The minimum absolute atomic E-state index is 0.0370. The summed E-state index contributed by atoms with van der Waals surface area (Å²) in [5.74, 6) is 5.73. The zero-order chi connectivity index (χ0) is 22.4. The van der Waals surface area contributed by atoms with Gasteiger partial charge in [-0.05, 0) is 30.2 Å². The second-order valence-corrected chi connectivity index (χ2v) is 5.26. The van der Waals surface area contributed by atoms with Crippen molar-refractivity contribution in [2.45, 2.75) is 32.0 Å². The van der Waals surface area contributed by atoms with Crippen LogP contribution in [0, 0.1) is 0 Å². The maximum Gasteiger partial charge on any atom is 0.573 e. The van der Waals surface area contributed by atoms with Gasteiger partial charge in [0.1, 0.15) is 11.5 Å². The molecule has 0 spiro atoms. The zero-order valence-corrected chi connectivity index (χ0v) is 14.6. The zero-order valence-electron chi connectivity index (χ0n) is 14.6. The highest BCUT2D eigenvalue weighted by atomic mass is 19.4. The Kier molecular flexibility index (Phi) is 8.25. The SMILES string of the molecule is CCc1cc(OC(F)(F)F)cc2c1OC(C(F)(F)F)C(C(=O)OCON)=C2.NO. The molecule has 5 N–H and O–H groups in total. The molecule has 0 amide bonds. The van der Waals surface area contributed by atoms with Gasteiger partial charge in [-0.15, -0.1) is 13.2 Å². The lowest BCUT2D eigenvalue weighted by Gasteiger charge is -2.29. The highest BCUT2D eigenvalue weighted by Crippen LogP contribution is 2.42. The van der Waals surface area contributed by atoms with Crippen LogP contribution in [0.1, 0.15) is 18.1 Å².